The second-order valence-electron chi connectivity index (χ2n) is 1.88. The normalized spacial score (nSPS) is 7.10. The van der Waals surface area contributed by atoms with Gasteiger partial charge in [0.15, 0.2) is 0 Å². The Labute approximate surface area is 72.8 Å². The lowest BCUT2D eigenvalue weighted by atomic mass is 10.6. The van der Waals surface area contributed by atoms with Crippen molar-refractivity contribution in [2.45, 2.75) is 27.2 Å². The van der Waals surface area contributed by atoms with Crippen LogP contribution in [0.4, 0.5) is 0 Å². The zero-order valence-electron chi connectivity index (χ0n) is 6.72. The molecule has 1 rings (SSSR count). The van der Waals surface area contributed by atoms with Gasteiger partial charge in [0.05, 0.1) is 0 Å². The topological polar surface area (TPSA) is 28.7 Å². The van der Waals surface area contributed by atoms with Crippen LogP contribution in [0.5, 0.6) is 0 Å². The molecule has 0 amide bonds. The molecule has 0 spiro atoms. The molecule has 0 saturated heterocycles. The molecule has 1 N–H and O–H groups in total. The van der Waals surface area contributed by atoms with Gasteiger partial charge in [0, 0.05) is 12.4 Å². The van der Waals surface area contributed by atoms with Crippen molar-refractivity contribution in [3.63, 3.8) is 0 Å². The molecule has 2 nitrogen and oxygen atoms in total. The first-order valence-corrected chi connectivity index (χ1v) is 3.27. The predicted octanol–water partition coefficient (Wildman–Crippen LogP) is 2.71. The van der Waals surface area contributed by atoms with Crippen LogP contribution < -0.4 is 0 Å². The van der Waals surface area contributed by atoms with Gasteiger partial charge in [0.2, 0.25) is 0 Å². The molecule has 1 aromatic rings. The van der Waals surface area contributed by atoms with Gasteiger partial charge in [-0.05, 0) is 6.92 Å². The Morgan fingerprint density at radius 1 is 1.50 bits per heavy atom. The first-order chi connectivity index (χ1) is 4.31. The summed E-state index contributed by atoms with van der Waals surface area (Å²) < 4.78 is 0. The summed E-state index contributed by atoms with van der Waals surface area (Å²) in [6.07, 6.45) is 4.78. The summed E-state index contributed by atoms with van der Waals surface area (Å²) in [7, 11) is 0. The van der Waals surface area contributed by atoms with Crippen molar-refractivity contribution in [3.05, 3.63) is 18.2 Å². The van der Waals surface area contributed by atoms with E-state index in [4.69, 9.17) is 0 Å². The van der Waals surface area contributed by atoms with Crippen LogP contribution in [0.1, 0.15) is 26.1 Å². The number of H-pyrrole nitrogens is 1. The van der Waals surface area contributed by atoms with E-state index in [0.29, 0.717) is 0 Å². The van der Waals surface area contributed by atoms with Gasteiger partial charge in [0.1, 0.15) is 5.82 Å². The molecular weight excluding hydrogens is 192 g/mol. The molecule has 1 heterocycles. The van der Waals surface area contributed by atoms with E-state index in [1.165, 1.54) is 6.42 Å². The third-order valence-corrected chi connectivity index (χ3v) is 0.635. The summed E-state index contributed by atoms with van der Waals surface area (Å²) in [5.41, 5.74) is 0. The van der Waals surface area contributed by atoms with E-state index < -0.39 is 0 Å². The molecule has 0 aliphatic carbocycles. The number of nitrogens with one attached hydrogen (secondary N) is 1. The fraction of sp³-hybridized carbons (Fsp3) is 0.571. The van der Waals surface area contributed by atoms with Crippen molar-refractivity contribution >= 4 is 17.0 Å². The van der Waals surface area contributed by atoms with Gasteiger partial charge in [-0.25, -0.2) is 4.98 Å². The number of hydrogen-bond donors (Lipinski definition) is 1. The Kier molecular flexibility index (Phi) is 10.8. The van der Waals surface area contributed by atoms with Gasteiger partial charge in [-0.3, -0.25) is 0 Å². The molecule has 10 heavy (non-hydrogen) atoms. The van der Waals surface area contributed by atoms with Crippen molar-refractivity contribution in [1.82, 2.24) is 9.97 Å². The number of nitrogens with zero attached hydrogens (tertiary/aromatic N) is 1. The van der Waals surface area contributed by atoms with Crippen LogP contribution in [0.2, 0.25) is 0 Å². The Bertz CT molecular complexity index is 126. The highest BCUT2D eigenvalue weighted by molar-refractivity contribution is 8.93. The Hall–Kier alpha value is -0.310. The fourth-order valence-electron chi connectivity index (χ4n) is 0.344. The highest BCUT2D eigenvalue weighted by atomic mass is 79.9. The summed E-state index contributed by atoms with van der Waals surface area (Å²) in [5.74, 6) is 0.968. The van der Waals surface area contributed by atoms with E-state index in [1.54, 1.807) is 12.4 Å². The van der Waals surface area contributed by atoms with E-state index in [9.17, 15) is 0 Å². The van der Waals surface area contributed by atoms with Gasteiger partial charge in [-0.1, -0.05) is 20.3 Å². The summed E-state index contributed by atoms with van der Waals surface area (Å²) in [5, 5.41) is 0. The molecule has 0 saturated carbocycles. The van der Waals surface area contributed by atoms with E-state index in [2.05, 4.69) is 23.8 Å². The quantitative estimate of drug-likeness (QED) is 0.696. The lowest BCUT2D eigenvalue weighted by Crippen LogP contribution is -1.66. The average Bonchev–Trinajstić information content (AvgIpc) is 2.20. The molecule has 0 bridgehead atoms. The second kappa shape index (κ2) is 8.69. The number of halogens is 1. The minimum absolute atomic E-state index is 0. The lowest BCUT2D eigenvalue weighted by Gasteiger charge is -1.68. The van der Waals surface area contributed by atoms with E-state index in [0.717, 1.165) is 5.82 Å². The van der Waals surface area contributed by atoms with Crippen LogP contribution in [0.25, 0.3) is 0 Å². The van der Waals surface area contributed by atoms with E-state index in [-0.39, 0.29) is 17.0 Å². The minimum atomic E-state index is 0. The Balaban J connectivity index is 0. The zero-order chi connectivity index (χ0) is 7.11. The predicted molar refractivity (Wildman–Crippen MR) is 49.6 cm³/mol. The lowest BCUT2D eigenvalue weighted by molar-refractivity contribution is 1.09. The van der Waals surface area contributed by atoms with Gasteiger partial charge in [0.25, 0.3) is 0 Å². The summed E-state index contributed by atoms with van der Waals surface area (Å²) in [6, 6.07) is 0. The molecule has 60 valence electrons. The molecule has 0 unspecified atom stereocenters. The van der Waals surface area contributed by atoms with E-state index in [1.807, 2.05) is 6.92 Å². The second-order valence-corrected chi connectivity index (χ2v) is 1.88. The fourth-order valence-corrected chi connectivity index (χ4v) is 0.344. The number of imidazole rings is 1. The largest absolute Gasteiger partial charge is 0.349 e. The van der Waals surface area contributed by atoms with Crippen LogP contribution >= 0.6 is 17.0 Å². The monoisotopic (exact) mass is 206 g/mol. The van der Waals surface area contributed by atoms with Crippen LogP contribution in [0, 0.1) is 6.92 Å². The highest BCUT2D eigenvalue weighted by Crippen LogP contribution is 1.78. The Morgan fingerprint density at radius 3 is 2.10 bits per heavy atom. The molecule has 0 fully saturated rings. The van der Waals surface area contributed by atoms with E-state index >= 15 is 0 Å². The number of hydrogen-bond acceptors (Lipinski definition) is 1. The standard InChI is InChI=1S/C4H6N2.C3H8.BrH/c1-4-5-2-3-6-4;1-3-2;/h2-3H,1H3,(H,5,6);3H2,1-2H3;1H. The van der Waals surface area contributed by atoms with Crippen LogP contribution in [0.3, 0.4) is 0 Å². The van der Waals surface area contributed by atoms with Crippen LogP contribution in [-0.4, -0.2) is 9.97 Å². The zero-order valence-corrected chi connectivity index (χ0v) is 8.43. The number of aryl methyl sites for hydroxylation is 1. The maximum Gasteiger partial charge on any atom is 0.102 e. The van der Waals surface area contributed by atoms with Gasteiger partial charge >= 0.3 is 0 Å². The molecule has 0 aromatic carbocycles. The highest BCUT2D eigenvalue weighted by Gasteiger charge is 1.73. The summed E-state index contributed by atoms with van der Waals surface area (Å²) >= 11 is 0. The molecule has 0 aliphatic rings. The molecule has 0 aliphatic heterocycles. The first kappa shape index (κ1) is 12.4. The summed E-state index contributed by atoms with van der Waals surface area (Å²) in [6.45, 7) is 6.17. The average molecular weight is 207 g/mol. The number of aromatic nitrogens is 2. The molecule has 0 radical (unpaired) electrons. The smallest absolute Gasteiger partial charge is 0.102 e. The molecule has 0 atom stereocenters. The SMILES string of the molecule is Br.CCC.Cc1ncc[nH]1. The first-order valence-electron chi connectivity index (χ1n) is 3.27. The van der Waals surface area contributed by atoms with Gasteiger partial charge in [-0.2, -0.15) is 0 Å². The van der Waals surface area contributed by atoms with Gasteiger partial charge in [-0.15, -0.1) is 17.0 Å². The van der Waals surface area contributed by atoms with Crippen LogP contribution in [0.15, 0.2) is 12.4 Å². The maximum absolute atomic E-state index is 3.86. The van der Waals surface area contributed by atoms with Gasteiger partial charge < -0.3 is 4.98 Å². The van der Waals surface area contributed by atoms with Crippen molar-refractivity contribution < 1.29 is 0 Å². The molecule has 3 heteroatoms. The Morgan fingerprint density at radius 2 is 2.00 bits per heavy atom. The molecular formula is C7H15BrN2. The number of rotatable bonds is 0. The minimum Gasteiger partial charge on any atom is -0.349 e. The van der Waals surface area contributed by atoms with Crippen molar-refractivity contribution in [1.29, 1.82) is 0 Å². The summed E-state index contributed by atoms with van der Waals surface area (Å²) in [4.78, 5) is 6.75. The van der Waals surface area contributed by atoms with Crippen LogP contribution in [-0.2, 0) is 0 Å². The number of aromatic amines is 1. The third-order valence-electron chi connectivity index (χ3n) is 0.635. The third kappa shape index (κ3) is 7.69. The maximum atomic E-state index is 3.86. The van der Waals surface area contributed by atoms with Crippen molar-refractivity contribution in [3.8, 4) is 0 Å². The molecule has 1 aromatic heterocycles. The van der Waals surface area contributed by atoms with Crippen molar-refractivity contribution in [2.75, 3.05) is 0 Å². The van der Waals surface area contributed by atoms with Crippen molar-refractivity contribution in [2.24, 2.45) is 0 Å².